The third kappa shape index (κ3) is 4.95. The second-order valence-corrected chi connectivity index (χ2v) is 6.57. The van der Waals surface area contributed by atoms with Gasteiger partial charge in [0.15, 0.2) is 0 Å². The molecule has 0 aliphatic heterocycles. The molecule has 0 aliphatic rings. The fourth-order valence-electron chi connectivity index (χ4n) is 1.87. The van der Waals surface area contributed by atoms with Crippen LogP contribution in [-0.4, -0.2) is 28.7 Å². The summed E-state index contributed by atoms with van der Waals surface area (Å²) in [6.45, 7) is 5.87. The molecule has 0 spiro atoms. The first kappa shape index (κ1) is 18.9. The number of alkyl halides is 3. The van der Waals surface area contributed by atoms with Crippen LogP contribution in [0, 0.1) is 12.8 Å². The Morgan fingerprint density at radius 3 is 2.55 bits per heavy atom. The van der Waals surface area contributed by atoms with Crippen LogP contribution in [0.1, 0.15) is 43.8 Å². The summed E-state index contributed by atoms with van der Waals surface area (Å²) in [7, 11) is 0. The summed E-state index contributed by atoms with van der Waals surface area (Å²) in [4.78, 5) is 15.4. The third-order valence-electron chi connectivity index (χ3n) is 3.14. The molecule has 1 heterocycles. The first-order valence-electron chi connectivity index (χ1n) is 7.04. The molecule has 1 aromatic rings. The fourth-order valence-corrected chi connectivity index (χ4v) is 2.79. The molecule has 0 unspecified atom stereocenters. The molecule has 1 atom stereocenters. The molecule has 1 amide bonds. The van der Waals surface area contributed by atoms with Crippen LogP contribution < -0.4 is 5.32 Å². The van der Waals surface area contributed by atoms with Gasteiger partial charge in [-0.15, -0.1) is 11.3 Å². The van der Waals surface area contributed by atoms with Gasteiger partial charge in [-0.1, -0.05) is 13.8 Å². The Bertz CT molecular complexity index is 503. The van der Waals surface area contributed by atoms with Crippen molar-refractivity contribution in [3.05, 3.63) is 16.1 Å². The van der Waals surface area contributed by atoms with Gasteiger partial charge in [-0.3, -0.25) is 4.79 Å². The molecule has 0 radical (unpaired) electrons. The molecule has 1 rings (SSSR count). The van der Waals surface area contributed by atoms with Gasteiger partial charge in [0.05, 0.1) is 6.42 Å². The van der Waals surface area contributed by atoms with Gasteiger partial charge >= 0.3 is 6.18 Å². The predicted molar refractivity (Wildman–Crippen MR) is 78.5 cm³/mol. The topological polar surface area (TPSA) is 62.2 Å². The second-order valence-electron chi connectivity index (χ2n) is 5.71. The van der Waals surface area contributed by atoms with Crippen molar-refractivity contribution in [3.63, 3.8) is 0 Å². The summed E-state index contributed by atoms with van der Waals surface area (Å²) in [6, 6.07) is 0. The normalized spacial score (nSPS) is 14.9. The molecule has 0 aliphatic carbocycles. The lowest BCUT2D eigenvalue weighted by Gasteiger charge is -2.27. The van der Waals surface area contributed by atoms with Crippen molar-refractivity contribution < 1.29 is 23.1 Å². The van der Waals surface area contributed by atoms with Crippen LogP contribution in [0.25, 0.3) is 0 Å². The van der Waals surface area contributed by atoms with E-state index in [0.717, 1.165) is 6.42 Å². The van der Waals surface area contributed by atoms with Gasteiger partial charge < -0.3 is 10.4 Å². The van der Waals surface area contributed by atoms with Gasteiger partial charge in [-0.25, -0.2) is 4.98 Å². The number of hydrogen-bond donors (Lipinski definition) is 2. The Balaban J connectivity index is 2.73. The minimum Gasteiger partial charge on any atom is -0.374 e. The van der Waals surface area contributed by atoms with E-state index in [0.29, 0.717) is 35.9 Å². The first-order valence-corrected chi connectivity index (χ1v) is 7.92. The maximum Gasteiger partial charge on any atom is 0.424 e. The molecular formula is C14H21F3N2O2S. The van der Waals surface area contributed by atoms with E-state index in [2.05, 4.69) is 10.3 Å². The monoisotopic (exact) mass is 338 g/mol. The van der Waals surface area contributed by atoms with E-state index in [1.807, 2.05) is 13.8 Å². The van der Waals surface area contributed by atoms with Gasteiger partial charge in [0.1, 0.15) is 5.01 Å². The number of carbonyl (C=O) groups is 1. The van der Waals surface area contributed by atoms with Crippen molar-refractivity contribution in [1.29, 1.82) is 0 Å². The number of carbonyl (C=O) groups excluding carboxylic acids is 1. The number of halogens is 3. The van der Waals surface area contributed by atoms with Gasteiger partial charge in [-0.2, -0.15) is 13.2 Å². The highest BCUT2D eigenvalue weighted by Crippen LogP contribution is 2.42. The Morgan fingerprint density at radius 1 is 1.45 bits per heavy atom. The lowest BCUT2D eigenvalue weighted by atomic mass is 9.99. The Kier molecular flexibility index (Phi) is 6.37. The maximum atomic E-state index is 13.2. The van der Waals surface area contributed by atoms with Gasteiger partial charge in [0.25, 0.3) is 0 Å². The van der Waals surface area contributed by atoms with Crippen molar-refractivity contribution in [1.82, 2.24) is 10.3 Å². The predicted octanol–water partition coefficient (Wildman–Crippen LogP) is 3.14. The van der Waals surface area contributed by atoms with Crippen LogP contribution in [0.15, 0.2) is 5.38 Å². The highest BCUT2D eigenvalue weighted by Gasteiger charge is 2.58. The number of amides is 1. The summed E-state index contributed by atoms with van der Waals surface area (Å²) in [5.41, 5.74) is -2.87. The van der Waals surface area contributed by atoms with E-state index in [9.17, 15) is 23.1 Å². The van der Waals surface area contributed by atoms with Gasteiger partial charge in [-0.05, 0) is 25.7 Å². The molecule has 8 heteroatoms. The van der Waals surface area contributed by atoms with Crippen molar-refractivity contribution >= 4 is 17.2 Å². The quantitative estimate of drug-likeness (QED) is 0.751. The summed E-state index contributed by atoms with van der Waals surface area (Å²) in [5.74, 6) is -0.376. The minimum absolute atomic E-state index is 0.293. The van der Waals surface area contributed by atoms with Crippen LogP contribution in [0.5, 0.6) is 0 Å². The lowest BCUT2D eigenvalue weighted by molar-refractivity contribution is -0.267. The summed E-state index contributed by atoms with van der Waals surface area (Å²) < 4.78 is 39.6. The molecule has 0 aromatic carbocycles. The smallest absolute Gasteiger partial charge is 0.374 e. The standard InChI is InChI=1S/C14H21F3N2O2S/c1-9(2)5-4-6-18-11(20)7-13(21,14(15,16)17)12-19-10(3)8-22-12/h8-9,21H,4-7H2,1-3H3,(H,18,20)/t13-/m1/s1. The SMILES string of the molecule is Cc1csc([C@](O)(CC(=O)NCCCC(C)C)C(F)(F)F)n1. The van der Waals surface area contributed by atoms with Crippen molar-refractivity contribution in [2.24, 2.45) is 5.92 Å². The number of aromatic nitrogens is 1. The van der Waals surface area contributed by atoms with Gasteiger partial charge in [0.2, 0.25) is 11.5 Å². The number of aryl methyl sites for hydroxylation is 1. The summed E-state index contributed by atoms with van der Waals surface area (Å²) in [6.07, 6.45) is -4.49. The fraction of sp³-hybridized carbons (Fsp3) is 0.714. The Hall–Kier alpha value is -1.15. The average Bonchev–Trinajstić information content (AvgIpc) is 2.80. The van der Waals surface area contributed by atoms with Crippen LogP contribution in [-0.2, 0) is 10.4 Å². The zero-order valence-corrected chi connectivity index (χ0v) is 13.6. The van der Waals surface area contributed by atoms with E-state index < -0.39 is 29.1 Å². The Morgan fingerprint density at radius 2 is 2.09 bits per heavy atom. The first-order chi connectivity index (χ1) is 10.1. The lowest BCUT2D eigenvalue weighted by Crippen LogP contribution is -2.46. The molecule has 0 fully saturated rings. The molecule has 4 nitrogen and oxygen atoms in total. The number of rotatable bonds is 7. The molecule has 22 heavy (non-hydrogen) atoms. The van der Waals surface area contributed by atoms with E-state index in [1.54, 1.807) is 0 Å². The number of nitrogens with one attached hydrogen (secondary N) is 1. The van der Waals surface area contributed by atoms with E-state index in [-0.39, 0.29) is 0 Å². The molecule has 126 valence electrons. The molecule has 0 saturated carbocycles. The van der Waals surface area contributed by atoms with Crippen LogP contribution in [0.4, 0.5) is 13.2 Å². The molecule has 2 N–H and O–H groups in total. The van der Waals surface area contributed by atoms with Crippen molar-refractivity contribution in [2.45, 2.75) is 51.8 Å². The van der Waals surface area contributed by atoms with Crippen LogP contribution in [0.2, 0.25) is 0 Å². The molecule has 1 aromatic heterocycles. The number of thiazole rings is 1. The molecule has 0 bridgehead atoms. The van der Waals surface area contributed by atoms with Gasteiger partial charge in [0, 0.05) is 17.6 Å². The van der Waals surface area contributed by atoms with E-state index in [1.165, 1.54) is 12.3 Å². The molecular weight excluding hydrogens is 317 g/mol. The third-order valence-corrected chi connectivity index (χ3v) is 4.25. The number of nitrogens with zero attached hydrogens (tertiary/aromatic N) is 1. The average molecular weight is 338 g/mol. The number of aliphatic hydroxyl groups is 1. The Labute approximate surface area is 131 Å². The second kappa shape index (κ2) is 7.41. The minimum atomic E-state index is -4.97. The van der Waals surface area contributed by atoms with E-state index >= 15 is 0 Å². The highest BCUT2D eigenvalue weighted by molar-refractivity contribution is 7.09. The zero-order chi connectivity index (χ0) is 17.0. The van der Waals surface area contributed by atoms with Crippen LogP contribution in [0.3, 0.4) is 0 Å². The molecule has 0 saturated heterocycles. The van der Waals surface area contributed by atoms with Crippen LogP contribution >= 0.6 is 11.3 Å². The zero-order valence-electron chi connectivity index (χ0n) is 12.8. The van der Waals surface area contributed by atoms with E-state index in [4.69, 9.17) is 0 Å². The van der Waals surface area contributed by atoms with Crippen molar-refractivity contribution in [3.8, 4) is 0 Å². The maximum absolute atomic E-state index is 13.2. The number of hydrogen-bond acceptors (Lipinski definition) is 4. The summed E-state index contributed by atoms with van der Waals surface area (Å²) >= 11 is 0.696. The van der Waals surface area contributed by atoms with Crippen molar-refractivity contribution in [2.75, 3.05) is 6.54 Å². The highest BCUT2D eigenvalue weighted by atomic mass is 32.1. The largest absolute Gasteiger partial charge is 0.424 e. The summed E-state index contributed by atoms with van der Waals surface area (Å²) in [5, 5.41) is 13.3.